The van der Waals surface area contributed by atoms with E-state index in [9.17, 15) is 4.79 Å². The van der Waals surface area contributed by atoms with Crippen molar-refractivity contribution in [2.24, 2.45) is 0 Å². The van der Waals surface area contributed by atoms with Crippen molar-refractivity contribution in [2.75, 3.05) is 12.4 Å². The fourth-order valence-corrected chi connectivity index (χ4v) is 3.01. The molecule has 4 nitrogen and oxygen atoms in total. The van der Waals surface area contributed by atoms with Crippen molar-refractivity contribution in [3.63, 3.8) is 0 Å². The summed E-state index contributed by atoms with van der Waals surface area (Å²) in [5, 5.41) is 3.19. The van der Waals surface area contributed by atoms with E-state index in [1.165, 1.54) is 18.4 Å². The Morgan fingerprint density at radius 3 is 2.67 bits per heavy atom. The molecule has 0 amide bonds. The van der Waals surface area contributed by atoms with Crippen LogP contribution in [0, 0.1) is 0 Å². The summed E-state index contributed by atoms with van der Waals surface area (Å²) in [6, 6.07) is 17.6. The molecule has 2 heterocycles. The first kappa shape index (κ1) is 16.0. The maximum absolute atomic E-state index is 11.5. The molecule has 0 fully saturated rings. The Morgan fingerprint density at radius 2 is 1.96 bits per heavy atom. The van der Waals surface area contributed by atoms with Gasteiger partial charge in [-0.1, -0.05) is 30.3 Å². The van der Waals surface area contributed by atoms with Gasteiger partial charge in [0.1, 0.15) is 4.88 Å². The van der Waals surface area contributed by atoms with Crippen LogP contribution in [0.25, 0.3) is 16.6 Å². The predicted octanol–water partition coefficient (Wildman–Crippen LogP) is 4.68. The van der Waals surface area contributed by atoms with Crippen LogP contribution >= 0.6 is 11.3 Å². The summed E-state index contributed by atoms with van der Waals surface area (Å²) in [4.78, 5) is 17.4. The van der Waals surface area contributed by atoms with Crippen LogP contribution in [0.1, 0.15) is 15.2 Å². The Morgan fingerprint density at radius 1 is 1.12 bits per heavy atom. The third-order valence-electron chi connectivity index (χ3n) is 3.33. The minimum absolute atomic E-state index is 0.324. The van der Waals surface area contributed by atoms with E-state index in [-0.39, 0.29) is 5.97 Å². The summed E-state index contributed by atoms with van der Waals surface area (Å²) in [5.74, 6) is -0.324. The molecule has 0 aliphatic carbocycles. The van der Waals surface area contributed by atoms with E-state index >= 15 is 0 Å². The third kappa shape index (κ3) is 3.88. The number of benzene rings is 1. The number of esters is 1. The summed E-state index contributed by atoms with van der Waals surface area (Å²) in [7, 11) is 1.38. The van der Waals surface area contributed by atoms with Crippen LogP contribution in [-0.4, -0.2) is 18.1 Å². The maximum Gasteiger partial charge on any atom is 0.348 e. The minimum atomic E-state index is -0.324. The average molecular weight is 336 g/mol. The van der Waals surface area contributed by atoms with E-state index in [0.717, 1.165) is 21.8 Å². The molecule has 0 bridgehead atoms. The second kappa shape index (κ2) is 7.57. The molecule has 1 aromatic carbocycles. The fraction of sp³-hybridized carbons (Fsp3) is 0.0526. The number of carbonyl (C=O) groups is 1. The lowest BCUT2D eigenvalue weighted by molar-refractivity contribution is 0.0606. The second-order valence-electron chi connectivity index (χ2n) is 4.98. The Hall–Kier alpha value is -2.92. The quantitative estimate of drug-likeness (QED) is 0.687. The molecular weight excluding hydrogens is 320 g/mol. The predicted molar refractivity (Wildman–Crippen MR) is 98.0 cm³/mol. The van der Waals surface area contributed by atoms with E-state index in [1.54, 1.807) is 12.3 Å². The van der Waals surface area contributed by atoms with Crippen molar-refractivity contribution in [1.82, 2.24) is 4.98 Å². The van der Waals surface area contributed by atoms with Crippen LogP contribution in [0.2, 0.25) is 0 Å². The molecule has 0 aliphatic heterocycles. The Kier molecular flexibility index (Phi) is 5.03. The van der Waals surface area contributed by atoms with Crippen LogP contribution in [-0.2, 0) is 4.74 Å². The molecule has 3 aromatic rings. The summed E-state index contributed by atoms with van der Waals surface area (Å²) in [6.07, 6.45) is 5.64. The van der Waals surface area contributed by atoms with Crippen molar-refractivity contribution in [1.29, 1.82) is 0 Å². The van der Waals surface area contributed by atoms with Gasteiger partial charge in [-0.25, -0.2) is 4.79 Å². The number of anilines is 1. The van der Waals surface area contributed by atoms with Gasteiger partial charge in [0.15, 0.2) is 0 Å². The van der Waals surface area contributed by atoms with Gasteiger partial charge >= 0.3 is 5.97 Å². The van der Waals surface area contributed by atoms with E-state index in [2.05, 4.69) is 10.3 Å². The first-order chi connectivity index (χ1) is 11.8. The summed E-state index contributed by atoms with van der Waals surface area (Å²) in [6.45, 7) is 0. The van der Waals surface area contributed by atoms with E-state index in [4.69, 9.17) is 4.74 Å². The summed E-state index contributed by atoms with van der Waals surface area (Å²) >= 11 is 1.37. The number of ether oxygens (including phenoxy) is 1. The molecule has 0 spiro atoms. The van der Waals surface area contributed by atoms with Gasteiger partial charge < -0.3 is 10.1 Å². The normalized spacial score (nSPS) is 10.7. The van der Waals surface area contributed by atoms with Crippen LogP contribution in [0.15, 0.2) is 67.0 Å². The van der Waals surface area contributed by atoms with Gasteiger partial charge in [0, 0.05) is 6.20 Å². The zero-order valence-corrected chi connectivity index (χ0v) is 13.9. The topological polar surface area (TPSA) is 51.2 Å². The largest absolute Gasteiger partial charge is 0.465 e. The van der Waals surface area contributed by atoms with Crippen molar-refractivity contribution in [3.05, 3.63) is 77.4 Å². The lowest BCUT2D eigenvalue weighted by atomic mass is 10.2. The second-order valence-corrected chi connectivity index (χ2v) is 6.06. The molecule has 0 unspecified atom stereocenters. The van der Waals surface area contributed by atoms with Crippen molar-refractivity contribution in [3.8, 4) is 10.6 Å². The number of hydrogen-bond acceptors (Lipinski definition) is 5. The highest BCUT2D eigenvalue weighted by atomic mass is 32.1. The number of hydrogen-bond donors (Lipinski definition) is 1. The molecule has 24 heavy (non-hydrogen) atoms. The Bertz CT molecular complexity index is 839. The molecule has 0 saturated carbocycles. The van der Waals surface area contributed by atoms with Gasteiger partial charge in [-0.15, -0.1) is 11.3 Å². The van der Waals surface area contributed by atoms with Crippen LogP contribution < -0.4 is 5.32 Å². The standard InChI is InChI=1S/C19H16N2O2S/c1-23-19(22)18-10-9-17(24-18)16-8-7-15(13-21-16)20-12-11-14-5-3-2-4-6-14/h2-13,20H,1H3. The maximum atomic E-state index is 11.5. The van der Waals surface area contributed by atoms with Crippen molar-refractivity contribution >= 4 is 29.1 Å². The lowest BCUT2D eigenvalue weighted by Crippen LogP contribution is -1.96. The van der Waals surface area contributed by atoms with Crippen LogP contribution in [0.5, 0.6) is 0 Å². The first-order valence-corrected chi connectivity index (χ1v) is 8.20. The number of rotatable bonds is 5. The summed E-state index contributed by atoms with van der Waals surface area (Å²) in [5.41, 5.74) is 2.85. The summed E-state index contributed by atoms with van der Waals surface area (Å²) < 4.78 is 4.72. The first-order valence-electron chi connectivity index (χ1n) is 7.39. The van der Waals surface area contributed by atoms with Crippen LogP contribution in [0.4, 0.5) is 5.69 Å². The van der Waals surface area contributed by atoms with Gasteiger partial charge in [0.05, 0.1) is 29.6 Å². The lowest BCUT2D eigenvalue weighted by Gasteiger charge is -2.02. The van der Waals surface area contributed by atoms with Gasteiger partial charge in [-0.3, -0.25) is 4.98 Å². The monoisotopic (exact) mass is 336 g/mol. The van der Waals surface area contributed by atoms with Crippen LogP contribution in [0.3, 0.4) is 0 Å². The van der Waals surface area contributed by atoms with Gasteiger partial charge in [0.25, 0.3) is 0 Å². The van der Waals surface area contributed by atoms with E-state index in [1.807, 2.05) is 60.8 Å². The SMILES string of the molecule is COC(=O)c1ccc(-c2ccc(NC=Cc3ccccc3)cn2)s1. The Balaban J connectivity index is 1.66. The third-order valence-corrected chi connectivity index (χ3v) is 4.42. The molecule has 0 atom stereocenters. The molecule has 5 heteroatoms. The van der Waals surface area contributed by atoms with E-state index < -0.39 is 0 Å². The number of pyridine rings is 1. The van der Waals surface area contributed by atoms with Crippen molar-refractivity contribution < 1.29 is 9.53 Å². The molecule has 2 aromatic heterocycles. The van der Waals surface area contributed by atoms with Gasteiger partial charge in [-0.2, -0.15) is 0 Å². The minimum Gasteiger partial charge on any atom is -0.465 e. The zero-order chi connectivity index (χ0) is 16.8. The number of nitrogens with one attached hydrogen (secondary N) is 1. The zero-order valence-electron chi connectivity index (χ0n) is 13.1. The highest BCUT2D eigenvalue weighted by molar-refractivity contribution is 7.17. The highest BCUT2D eigenvalue weighted by Crippen LogP contribution is 2.27. The molecule has 120 valence electrons. The highest BCUT2D eigenvalue weighted by Gasteiger charge is 2.10. The Labute approximate surface area is 144 Å². The molecular formula is C19H16N2O2S. The molecule has 0 aliphatic rings. The molecule has 0 radical (unpaired) electrons. The number of methoxy groups -OCH3 is 1. The van der Waals surface area contributed by atoms with Crippen molar-refractivity contribution in [2.45, 2.75) is 0 Å². The molecule has 0 saturated heterocycles. The smallest absolute Gasteiger partial charge is 0.348 e. The molecule has 3 rings (SSSR count). The fourth-order valence-electron chi connectivity index (χ4n) is 2.11. The van der Waals surface area contributed by atoms with Gasteiger partial charge in [-0.05, 0) is 35.9 Å². The number of aromatic nitrogens is 1. The number of thiophene rings is 1. The number of nitrogens with zero attached hydrogens (tertiary/aromatic N) is 1. The van der Waals surface area contributed by atoms with E-state index in [0.29, 0.717) is 4.88 Å². The molecule has 1 N–H and O–H groups in total. The number of carbonyl (C=O) groups excluding carboxylic acids is 1. The average Bonchev–Trinajstić information content (AvgIpc) is 3.13. The van der Waals surface area contributed by atoms with Gasteiger partial charge in [0.2, 0.25) is 0 Å².